The van der Waals surface area contributed by atoms with Gasteiger partial charge in [-0.2, -0.15) is 0 Å². The van der Waals surface area contributed by atoms with Gasteiger partial charge in [0.2, 0.25) is 0 Å². The molecule has 1 aromatic heterocycles. The number of hydrogen-bond acceptors (Lipinski definition) is 4. The van der Waals surface area contributed by atoms with Crippen LogP contribution in [0.4, 0.5) is 0 Å². The Morgan fingerprint density at radius 3 is 2.88 bits per heavy atom. The smallest absolute Gasteiger partial charge is 0.0954 e. The Hall–Kier alpha value is -0.450. The Labute approximate surface area is 107 Å². The number of aliphatic hydroxyl groups is 1. The van der Waals surface area contributed by atoms with Crippen molar-refractivity contribution in [3.05, 3.63) is 16.1 Å². The molecule has 1 saturated heterocycles. The molecule has 2 unspecified atom stereocenters. The summed E-state index contributed by atoms with van der Waals surface area (Å²) in [5, 5.41) is 16.6. The number of hydrogen-bond donors (Lipinski definition) is 2. The molecule has 2 rings (SSSR count). The van der Waals surface area contributed by atoms with Gasteiger partial charge in [-0.3, -0.25) is 0 Å². The maximum atomic E-state index is 10.1. The highest BCUT2D eigenvalue weighted by Gasteiger charge is 2.24. The Kier molecular flexibility index (Phi) is 3.85. The highest BCUT2D eigenvalue weighted by Crippen LogP contribution is 2.25. The Morgan fingerprint density at radius 2 is 2.35 bits per heavy atom. The van der Waals surface area contributed by atoms with Crippen LogP contribution in [0.5, 0.6) is 0 Å². The molecule has 3 nitrogen and oxygen atoms in total. The Morgan fingerprint density at radius 1 is 1.59 bits per heavy atom. The second-order valence-corrected chi connectivity index (χ2v) is 6.79. The first-order chi connectivity index (χ1) is 7.97. The summed E-state index contributed by atoms with van der Waals surface area (Å²) in [4.78, 5) is 4.62. The quantitative estimate of drug-likeness (QED) is 0.868. The van der Waals surface area contributed by atoms with Gasteiger partial charge in [0, 0.05) is 23.3 Å². The summed E-state index contributed by atoms with van der Waals surface area (Å²) in [6.45, 7) is 7.54. The van der Waals surface area contributed by atoms with Crippen molar-refractivity contribution in [1.29, 1.82) is 0 Å². The van der Waals surface area contributed by atoms with E-state index in [4.69, 9.17) is 0 Å². The molecular formula is C13H22N2OS. The van der Waals surface area contributed by atoms with E-state index in [1.165, 1.54) is 6.42 Å². The molecule has 2 heterocycles. The van der Waals surface area contributed by atoms with Crippen LogP contribution in [0, 0.1) is 0 Å². The van der Waals surface area contributed by atoms with Crippen molar-refractivity contribution < 1.29 is 5.11 Å². The molecule has 0 aliphatic carbocycles. The van der Waals surface area contributed by atoms with E-state index in [2.05, 4.69) is 36.5 Å². The standard InChI is InChI=1S/C13H22N2OS/c1-13(2,3)11-8-17-12(15-11)7-10(16)9-5-4-6-14-9/h8-10,14,16H,4-7H2,1-3H3. The van der Waals surface area contributed by atoms with E-state index in [0.717, 1.165) is 23.7 Å². The Bertz CT molecular complexity index is 364. The summed E-state index contributed by atoms with van der Waals surface area (Å²) in [5.74, 6) is 0. The van der Waals surface area contributed by atoms with Crippen LogP contribution in [0.15, 0.2) is 5.38 Å². The molecule has 0 radical (unpaired) electrons. The normalized spacial score (nSPS) is 22.9. The van der Waals surface area contributed by atoms with Crippen molar-refractivity contribution in [2.24, 2.45) is 0 Å². The summed E-state index contributed by atoms with van der Waals surface area (Å²) < 4.78 is 0. The van der Waals surface area contributed by atoms with Crippen LogP contribution < -0.4 is 5.32 Å². The zero-order chi connectivity index (χ0) is 12.5. The van der Waals surface area contributed by atoms with Gasteiger partial charge in [0.15, 0.2) is 0 Å². The minimum Gasteiger partial charge on any atom is -0.391 e. The summed E-state index contributed by atoms with van der Waals surface area (Å²) in [5.41, 5.74) is 1.23. The van der Waals surface area contributed by atoms with Crippen molar-refractivity contribution in [1.82, 2.24) is 10.3 Å². The van der Waals surface area contributed by atoms with Crippen LogP contribution in [-0.2, 0) is 11.8 Å². The van der Waals surface area contributed by atoms with Crippen LogP contribution in [0.3, 0.4) is 0 Å². The van der Waals surface area contributed by atoms with E-state index in [1.807, 2.05) is 0 Å². The first kappa shape index (κ1) is 13.0. The molecule has 4 heteroatoms. The molecule has 0 saturated carbocycles. The summed E-state index contributed by atoms with van der Waals surface area (Å²) in [7, 11) is 0. The number of thiazole rings is 1. The van der Waals surface area contributed by atoms with Gasteiger partial charge < -0.3 is 10.4 Å². The third kappa shape index (κ3) is 3.27. The minimum absolute atomic E-state index is 0.102. The Balaban J connectivity index is 1.96. The average molecular weight is 254 g/mol. The lowest BCUT2D eigenvalue weighted by atomic mass is 9.93. The lowest BCUT2D eigenvalue weighted by Gasteiger charge is -2.17. The largest absolute Gasteiger partial charge is 0.391 e. The zero-order valence-electron chi connectivity index (χ0n) is 10.9. The second-order valence-electron chi connectivity index (χ2n) is 5.85. The predicted molar refractivity (Wildman–Crippen MR) is 71.5 cm³/mol. The molecule has 1 fully saturated rings. The van der Waals surface area contributed by atoms with Gasteiger partial charge in [-0.25, -0.2) is 4.98 Å². The summed E-state index contributed by atoms with van der Waals surface area (Å²) >= 11 is 1.66. The summed E-state index contributed by atoms with van der Waals surface area (Å²) in [6, 6.07) is 0.261. The van der Waals surface area contributed by atoms with Crippen molar-refractivity contribution in [2.75, 3.05) is 6.54 Å². The number of aliphatic hydroxyl groups excluding tert-OH is 1. The van der Waals surface area contributed by atoms with Gasteiger partial charge in [0.25, 0.3) is 0 Å². The highest BCUT2D eigenvalue weighted by atomic mass is 32.1. The highest BCUT2D eigenvalue weighted by molar-refractivity contribution is 7.09. The molecule has 1 aromatic rings. The fourth-order valence-electron chi connectivity index (χ4n) is 2.11. The van der Waals surface area contributed by atoms with Crippen molar-refractivity contribution in [2.45, 2.75) is 57.6 Å². The van der Waals surface area contributed by atoms with E-state index >= 15 is 0 Å². The van der Waals surface area contributed by atoms with Crippen molar-refractivity contribution >= 4 is 11.3 Å². The molecule has 0 spiro atoms. The summed E-state index contributed by atoms with van der Waals surface area (Å²) in [6.07, 6.45) is 2.64. The minimum atomic E-state index is -0.295. The van der Waals surface area contributed by atoms with E-state index in [-0.39, 0.29) is 17.6 Å². The number of rotatable bonds is 3. The SMILES string of the molecule is CC(C)(C)c1csc(CC(O)C2CCCN2)n1. The van der Waals surface area contributed by atoms with Gasteiger partial charge in [-0.15, -0.1) is 11.3 Å². The van der Waals surface area contributed by atoms with Crippen LogP contribution in [0.2, 0.25) is 0 Å². The van der Waals surface area contributed by atoms with Gasteiger partial charge in [-0.05, 0) is 19.4 Å². The van der Waals surface area contributed by atoms with E-state index < -0.39 is 0 Å². The lowest BCUT2D eigenvalue weighted by Crippen LogP contribution is -2.36. The maximum Gasteiger partial charge on any atom is 0.0954 e. The monoisotopic (exact) mass is 254 g/mol. The fraction of sp³-hybridized carbons (Fsp3) is 0.769. The van der Waals surface area contributed by atoms with Gasteiger partial charge in [0.05, 0.1) is 16.8 Å². The third-order valence-electron chi connectivity index (χ3n) is 3.27. The van der Waals surface area contributed by atoms with E-state index in [1.54, 1.807) is 11.3 Å². The third-order valence-corrected chi connectivity index (χ3v) is 4.14. The molecule has 2 atom stereocenters. The molecule has 17 heavy (non-hydrogen) atoms. The number of nitrogens with zero attached hydrogens (tertiary/aromatic N) is 1. The molecule has 1 aliphatic rings. The molecule has 1 aliphatic heterocycles. The number of nitrogens with one attached hydrogen (secondary N) is 1. The van der Waals surface area contributed by atoms with Gasteiger partial charge in [0.1, 0.15) is 0 Å². The average Bonchev–Trinajstić information content (AvgIpc) is 2.85. The number of aromatic nitrogens is 1. The topological polar surface area (TPSA) is 45.1 Å². The van der Waals surface area contributed by atoms with Crippen molar-refractivity contribution in [3.63, 3.8) is 0 Å². The van der Waals surface area contributed by atoms with Crippen LogP contribution >= 0.6 is 11.3 Å². The molecule has 0 aromatic carbocycles. The van der Waals surface area contributed by atoms with Crippen molar-refractivity contribution in [3.8, 4) is 0 Å². The molecule has 0 amide bonds. The van der Waals surface area contributed by atoms with E-state index in [0.29, 0.717) is 6.42 Å². The molecular weight excluding hydrogens is 232 g/mol. The van der Waals surface area contributed by atoms with Crippen LogP contribution in [0.25, 0.3) is 0 Å². The zero-order valence-corrected chi connectivity index (χ0v) is 11.7. The molecule has 0 bridgehead atoms. The maximum absolute atomic E-state index is 10.1. The van der Waals surface area contributed by atoms with E-state index in [9.17, 15) is 5.11 Å². The van der Waals surface area contributed by atoms with Gasteiger partial charge >= 0.3 is 0 Å². The second kappa shape index (κ2) is 5.04. The molecule has 96 valence electrons. The van der Waals surface area contributed by atoms with Crippen LogP contribution in [0.1, 0.15) is 44.3 Å². The molecule has 2 N–H and O–H groups in total. The fourth-order valence-corrected chi connectivity index (χ4v) is 3.18. The van der Waals surface area contributed by atoms with Crippen LogP contribution in [-0.4, -0.2) is 28.8 Å². The van der Waals surface area contributed by atoms with Gasteiger partial charge in [-0.1, -0.05) is 20.8 Å². The lowest BCUT2D eigenvalue weighted by molar-refractivity contribution is 0.136. The first-order valence-electron chi connectivity index (χ1n) is 6.33. The predicted octanol–water partition coefficient (Wildman–Crippen LogP) is 2.10. The first-order valence-corrected chi connectivity index (χ1v) is 7.21.